The normalized spacial score (nSPS) is 11.8. The highest BCUT2D eigenvalue weighted by Crippen LogP contribution is 2.30. The number of aromatic amines is 1. The van der Waals surface area contributed by atoms with Crippen molar-refractivity contribution < 1.29 is 33.0 Å². The van der Waals surface area contributed by atoms with Crippen LogP contribution in [-0.4, -0.2) is 62.6 Å². The van der Waals surface area contributed by atoms with Gasteiger partial charge < -0.3 is 34.9 Å². The number of hydrogen-bond acceptors (Lipinski definition) is 6. The zero-order valence-electron chi connectivity index (χ0n) is 23.8. The van der Waals surface area contributed by atoms with Crippen LogP contribution in [0.15, 0.2) is 71.7 Å². The van der Waals surface area contributed by atoms with Crippen LogP contribution in [0.1, 0.15) is 24.2 Å². The molecule has 2 heterocycles. The first kappa shape index (κ1) is 31.4. The molecule has 0 spiro atoms. The molecule has 0 saturated heterocycles. The number of hydrogen-bond donors (Lipinski definition) is 4. The van der Waals surface area contributed by atoms with Gasteiger partial charge in [-0.2, -0.15) is 4.39 Å². The number of likely N-dealkylation sites (N-methyl/N-ethyl adjacent to an activating group) is 1. The number of carbonyl (C=O) groups is 3. The summed E-state index contributed by atoms with van der Waals surface area (Å²) in [5.41, 5.74) is 0.166. The SMILES string of the molecule is CN(C)C(=O)/C=C/CC[C@H](NC(=O)O)C(=O)Nc1cccn(Cc2nc3c(OCc4ccccc4)c(F)c(F)cc3[nH]2)c1=O. The van der Waals surface area contributed by atoms with Gasteiger partial charge in [0.05, 0.1) is 12.1 Å². The summed E-state index contributed by atoms with van der Waals surface area (Å²) < 4.78 is 35.9. The van der Waals surface area contributed by atoms with E-state index in [1.54, 1.807) is 38.4 Å². The van der Waals surface area contributed by atoms with E-state index >= 15 is 0 Å². The summed E-state index contributed by atoms with van der Waals surface area (Å²) in [6, 6.07) is 11.5. The Balaban J connectivity index is 1.51. The fraction of sp³-hybridized carbons (Fsp3) is 0.233. The number of imidazole rings is 1. The van der Waals surface area contributed by atoms with E-state index < -0.39 is 35.2 Å². The molecule has 2 aromatic heterocycles. The van der Waals surface area contributed by atoms with Gasteiger partial charge in [0, 0.05) is 26.4 Å². The van der Waals surface area contributed by atoms with Gasteiger partial charge in [-0.25, -0.2) is 14.2 Å². The molecule has 14 heteroatoms. The zero-order valence-corrected chi connectivity index (χ0v) is 23.8. The van der Waals surface area contributed by atoms with E-state index in [0.29, 0.717) is 0 Å². The Bertz CT molecular complexity index is 1750. The maximum atomic E-state index is 14.7. The van der Waals surface area contributed by atoms with Gasteiger partial charge in [-0.05, 0) is 36.6 Å². The molecule has 0 unspecified atom stereocenters. The minimum absolute atomic E-state index is 0.0249. The first-order valence-electron chi connectivity index (χ1n) is 13.4. The summed E-state index contributed by atoms with van der Waals surface area (Å²) in [5, 5.41) is 13.7. The molecule has 44 heavy (non-hydrogen) atoms. The van der Waals surface area contributed by atoms with E-state index in [1.807, 2.05) is 6.07 Å². The minimum atomic E-state index is -1.44. The van der Waals surface area contributed by atoms with Crippen LogP contribution < -0.4 is 20.9 Å². The Morgan fingerprint density at radius 2 is 1.91 bits per heavy atom. The zero-order chi connectivity index (χ0) is 31.8. The summed E-state index contributed by atoms with van der Waals surface area (Å²) in [5.74, 6) is -3.57. The molecule has 0 radical (unpaired) electrons. The third kappa shape index (κ3) is 7.85. The van der Waals surface area contributed by atoms with E-state index in [0.717, 1.165) is 11.6 Å². The molecule has 1 atom stereocenters. The molecule has 0 aliphatic carbocycles. The fourth-order valence-corrected chi connectivity index (χ4v) is 4.21. The number of rotatable bonds is 12. The minimum Gasteiger partial charge on any atom is -0.483 e. The number of halogens is 2. The van der Waals surface area contributed by atoms with Crippen molar-refractivity contribution in [2.24, 2.45) is 0 Å². The molecule has 4 rings (SSSR count). The predicted molar refractivity (Wildman–Crippen MR) is 157 cm³/mol. The molecular formula is C30H30F2N6O6. The Hall–Kier alpha value is -5.53. The Morgan fingerprint density at radius 3 is 2.61 bits per heavy atom. The lowest BCUT2D eigenvalue weighted by Crippen LogP contribution is -2.44. The summed E-state index contributed by atoms with van der Waals surface area (Å²) in [6.07, 6.45) is 3.06. The smallest absolute Gasteiger partial charge is 0.405 e. The first-order valence-corrected chi connectivity index (χ1v) is 13.4. The van der Waals surface area contributed by atoms with Gasteiger partial charge in [-0.3, -0.25) is 14.4 Å². The first-order chi connectivity index (χ1) is 21.0. The lowest BCUT2D eigenvalue weighted by atomic mass is 10.1. The highest BCUT2D eigenvalue weighted by molar-refractivity contribution is 5.96. The largest absolute Gasteiger partial charge is 0.483 e. The molecule has 4 N–H and O–H groups in total. The molecule has 12 nitrogen and oxygen atoms in total. The van der Waals surface area contributed by atoms with Crippen LogP contribution in [0.4, 0.5) is 19.3 Å². The van der Waals surface area contributed by atoms with Crippen LogP contribution in [0, 0.1) is 11.6 Å². The van der Waals surface area contributed by atoms with Gasteiger partial charge in [0.15, 0.2) is 11.6 Å². The van der Waals surface area contributed by atoms with Gasteiger partial charge in [-0.1, -0.05) is 36.4 Å². The Labute approximate surface area is 250 Å². The molecule has 0 aliphatic rings. The van der Waals surface area contributed by atoms with Crippen molar-refractivity contribution in [3.8, 4) is 5.75 Å². The van der Waals surface area contributed by atoms with E-state index in [4.69, 9.17) is 4.74 Å². The number of H-pyrrole nitrogens is 1. The molecular weight excluding hydrogens is 578 g/mol. The average Bonchev–Trinajstić information content (AvgIpc) is 3.38. The van der Waals surface area contributed by atoms with Crippen molar-refractivity contribution in [3.05, 3.63) is 100 Å². The number of anilines is 1. The van der Waals surface area contributed by atoms with Crippen molar-refractivity contribution in [2.45, 2.75) is 32.0 Å². The number of amides is 3. The number of ether oxygens (including phenoxy) is 1. The number of aromatic nitrogens is 3. The van der Waals surface area contributed by atoms with Crippen molar-refractivity contribution in [1.29, 1.82) is 0 Å². The Kier molecular flexibility index (Phi) is 10.1. The molecule has 0 bridgehead atoms. The predicted octanol–water partition coefficient (Wildman–Crippen LogP) is 3.63. The van der Waals surface area contributed by atoms with Gasteiger partial charge in [0.1, 0.15) is 29.7 Å². The molecule has 0 aliphatic heterocycles. The van der Waals surface area contributed by atoms with Crippen molar-refractivity contribution in [3.63, 3.8) is 0 Å². The third-order valence-corrected chi connectivity index (χ3v) is 6.44. The van der Waals surface area contributed by atoms with Crippen LogP contribution in [-0.2, 0) is 22.7 Å². The summed E-state index contributed by atoms with van der Waals surface area (Å²) in [7, 11) is 3.16. The van der Waals surface area contributed by atoms with E-state index in [9.17, 15) is 33.1 Å². The number of nitrogens with one attached hydrogen (secondary N) is 3. The number of fused-ring (bicyclic) bond motifs is 1. The second-order valence-corrected chi connectivity index (χ2v) is 9.91. The van der Waals surface area contributed by atoms with Gasteiger partial charge in [0.2, 0.25) is 17.6 Å². The number of pyridine rings is 1. The summed E-state index contributed by atoms with van der Waals surface area (Å²) in [6.45, 7) is -0.179. The average molecular weight is 609 g/mol. The monoisotopic (exact) mass is 608 g/mol. The van der Waals surface area contributed by atoms with Crippen molar-refractivity contribution in [1.82, 2.24) is 24.8 Å². The molecule has 2 aromatic carbocycles. The van der Waals surface area contributed by atoms with Crippen LogP contribution in [0.2, 0.25) is 0 Å². The number of carbonyl (C=O) groups excluding carboxylic acids is 2. The van der Waals surface area contributed by atoms with Crippen LogP contribution >= 0.6 is 0 Å². The quantitative estimate of drug-likeness (QED) is 0.179. The van der Waals surface area contributed by atoms with Crippen molar-refractivity contribution in [2.75, 3.05) is 19.4 Å². The molecule has 230 valence electrons. The van der Waals surface area contributed by atoms with E-state index in [2.05, 4.69) is 20.6 Å². The highest BCUT2D eigenvalue weighted by atomic mass is 19.2. The highest BCUT2D eigenvalue weighted by Gasteiger charge is 2.22. The fourth-order valence-electron chi connectivity index (χ4n) is 4.21. The van der Waals surface area contributed by atoms with E-state index in [-0.39, 0.29) is 60.2 Å². The summed E-state index contributed by atoms with van der Waals surface area (Å²) in [4.78, 5) is 57.6. The van der Waals surface area contributed by atoms with Crippen LogP contribution in [0.25, 0.3) is 11.0 Å². The Morgan fingerprint density at radius 1 is 1.16 bits per heavy atom. The van der Waals surface area contributed by atoms with Crippen LogP contribution in [0.3, 0.4) is 0 Å². The van der Waals surface area contributed by atoms with Gasteiger partial charge >= 0.3 is 6.09 Å². The number of nitrogens with zero attached hydrogens (tertiary/aromatic N) is 3. The number of benzene rings is 2. The molecule has 3 amide bonds. The topological polar surface area (TPSA) is 159 Å². The second-order valence-electron chi connectivity index (χ2n) is 9.91. The number of carboxylic acid groups (broad SMARTS) is 1. The second kappa shape index (κ2) is 14.1. The molecule has 4 aromatic rings. The van der Waals surface area contributed by atoms with E-state index in [1.165, 1.54) is 39.9 Å². The van der Waals surface area contributed by atoms with Crippen molar-refractivity contribution >= 4 is 34.6 Å². The number of allylic oxidation sites excluding steroid dienone is 1. The standard InChI is InChI=1S/C30H30F2N6O6/c1-37(2)24(39)13-7-6-11-20(35-30(42)43)28(40)34-21-12-8-14-38(29(21)41)16-23-33-22-15-19(31)25(32)27(26(22)36-23)44-17-18-9-4-3-5-10-18/h3-5,7-10,12-15,20,35H,6,11,16-17H2,1-2H3,(H,33,36)(H,34,40)(H,42,43)/b13-7+/t20-/m0/s1. The van der Waals surface area contributed by atoms with Gasteiger partial charge in [0.25, 0.3) is 5.56 Å². The lowest BCUT2D eigenvalue weighted by molar-refractivity contribution is -0.123. The lowest BCUT2D eigenvalue weighted by Gasteiger charge is -2.16. The third-order valence-electron chi connectivity index (χ3n) is 6.44. The maximum Gasteiger partial charge on any atom is 0.405 e. The van der Waals surface area contributed by atoms with Crippen LogP contribution in [0.5, 0.6) is 5.75 Å². The van der Waals surface area contributed by atoms with Gasteiger partial charge in [-0.15, -0.1) is 0 Å². The molecule has 0 fully saturated rings. The summed E-state index contributed by atoms with van der Waals surface area (Å²) >= 11 is 0. The maximum absolute atomic E-state index is 14.7. The molecule has 0 saturated carbocycles.